The molecule has 0 spiro atoms. The Bertz CT molecular complexity index is 1550. The summed E-state index contributed by atoms with van der Waals surface area (Å²) in [6.07, 6.45) is -0.107. The van der Waals surface area contributed by atoms with E-state index in [1.165, 1.54) is 18.5 Å². The third-order valence-corrected chi connectivity index (χ3v) is 6.31. The average Bonchev–Trinajstić information content (AvgIpc) is 3.12. The van der Waals surface area contributed by atoms with Crippen LogP contribution in [-0.2, 0) is 27.3 Å². The van der Waals surface area contributed by atoms with Crippen molar-refractivity contribution in [1.29, 1.82) is 5.26 Å². The summed E-state index contributed by atoms with van der Waals surface area (Å²) in [6, 6.07) is 1.96. The summed E-state index contributed by atoms with van der Waals surface area (Å²) in [7, 11) is -7.40. The molecule has 2 heterocycles. The summed E-state index contributed by atoms with van der Waals surface area (Å²) >= 11 is 0. The van der Waals surface area contributed by atoms with Gasteiger partial charge in [0.1, 0.15) is 17.6 Å². The Balaban J connectivity index is 0.00000722. The Morgan fingerprint density at radius 3 is 1.95 bits per heavy atom. The van der Waals surface area contributed by atoms with Gasteiger partial charge in [-0.25, -0.2) is 26.4 Å². The number of hydrogen-bond donors (Lipinski definition) is 2. The van der Waals surface area contributed by atoms with Crippen LogP contribution in [0, 0.1) is 31.4 Å². The third kappa shape index (κ3) is 11.9. The number of hydrogen-bond acceptors (Lipinski definition) is 13. The van der Waals surface area contributed by atoms with Gasteiger partial charge in [-0.3, -0.25) is 0 Å². The zero-order valence-corrected chi connectivity index (χ0v) is 29.5. The van der Waals surface area contributed by atoms with Crippen LogP contribution < -0.4 is 113 Å². The molecule has 20 heteroatoms. The van der Waals surface area contributed by atoms with Crippen LogP contribution in [0.25, 0.3) is 9.69 Å². The van der Waals surface area contributed by atoms with E-state index in [-0.39, 0.29) is 175 Å². The van der Waals surface area contributed by atoms with Crippen LogP contribution in [0.4, 0.5) is 34.9 Å². The van der Waals surface area contributed by atoms with Crippen molar-refractivity contribution in [1.82, 2.24) is 14.5 Å². The fraction of sp³-hybridized carbons (Fsp3) is 0.421. The van der Waals surface area contributed by atoms with E-state index in [1.54, 1.807) is 0 Å². The second-order valence-corrected chi connectivity index (χ2v) is 10.4. The fourth-order valence-electron chi connectivity index (χ4n) is 2.96. The van der Waals surface area contributed by atoms with Gasteiger partial charge >= 0.3 is 109 Å². The summed E-state index contributed by atoms with van der Waals surface area (Å²) < 4.78 is 66.4. The number of anilines is 2. The topological polar surface area (TPSA) is 226 Å². The van der Waals surface area contributed by atoms with Gasteiger partial charge < -0.3 is 29.4 Å². The largest absolute Gasteiger partial charge is 1.00 e. The van der Waals surface area contributed by atoms with Crippen molar-refractivity contribution in [2.45, 2.75) is 19.8 Å². The van der Waals surface area contributed by atoms with Crippen LogP contribution in [0.15, 0.2) is 10.2 Å². The molecule has 0 atom stereocenters. The molecule has 16 nitrogen and oxygen atoms in total. The van der Waals surface area contributed by atoms with E-state index in [9.17, 15) is 31.2 Å². The smallest absolute Gasteiger partial charge is 0.748 e. The monoisotopic (exact) mass is 626 g/mol. The Labute approximate surface area is 311 Å². The van der Waals surface area contributed by atoms with Crippen LogP contribution in [0.3, 0.4) is 0 Å². The minimum absolute atomic E-state index is 0. The first kappa shape index (κ1) is 38.1. The van der Waals surface area contributed by atoms with E-state index in [0.717, 1.165) is 0 Å². The van der Waals surface area contributed by atoms with Crippen molar-refractivity contribution >= 4 is 55.1 Å². The zero-order valence-electron chi connectivity index (χ0n) is 21.6. The summed E-state index contributed by atoms with van der Waals surface area (Å²) in [5, 5.41) is 23.4. The molecule has 0 amide bonds. The molecule has 0 unspecified atom stereocenters. The fourth-order valence-corrected chi connectivity index (χ4v) is 3.96. The van der Waals surface area contributed by atoms with Crippen molar-refractivity contribution in [2.24, 2.45) is 17.3 Å². The van der Waals surface area contributed by atoms with Gasteiger partial charge in [0.25, 0.3) is 11.6 Å². The number of pyridine rings is 1. The molecule has 39 heavy (non-hydrogen) atoms. The maximum absolute atomic E-state index is 10.9. The maximum atomic E-state index is 10.9. The van der Waals surface area contributed by atoms with E-state index < -0.39 is 31.7 Å². The molecule has 0 aromatic carbocycles. The standard InChI is InChI=1S/C19H22N10O6S2.2K/c1-12-13(11-20)15(23-7-5-9-36(30,31)32)25-16(24-8-6-10-37(33,34)35)14(12)27-28-19-26-17(21-2)18(22-3)29(19)4;;/h5-10H2,1,4H3,(H2,23,24,25)(H,30,31,32)(H,33,34,35);;/q;2*+1/p-2. The van der Waals surface area contributed by atoms with Crippen molar-refractivity contribution in [3.8, 4) is 6.07 Å². The molecule has 0 aliphatic rings. The summed E-state index contributed by atoms with van der Waals surface area (Å²) in [5.74, 6) is -1.45. The van der Waals surface area contributed by atoms with Crippen molar-refractivity contribution in [3.63, 3.8) is 0 Å². The minimum atomic E-state index is -4.44. The van der Waals surface area contributed by atoms with Crippen molar-refractivity contribution < 1.29 is 129 Å². The van der Waals surface area contributed by atoms with Gasteiger partial charge in [-0.05, 0) is 19.8 Å². The van der Waals surface area contributed by atoms with Crippen molar-refractivity contribution in [2.75, 3.05) is 35.2 Å². The molecule has 196 valence electrons. The van der Waals surface area contributed by atoms with Gasteiger partial charge in [0.2, 0.25) is 0 Å². The minimum Gasteiger partial charge on any atom is -0.748 e. The molecular weight excluding hydrogens is 607 g/mol. The van der Waals surface area contributed by atoms with Gasteiger partial charge in [-0.2, -0.15) is 5.26 Å². The van der Waals surface area contributed by atoms with E-state index in [0.29, 0.717) is 0 Å². The molecule has 0 saturated carbocycles. The predicted molar refractivity (Wildman–Crippen MR) is 129 cm³/mol. The van der Waals surface area contributed by atoms with Gasteiger partial charge in [0, 0.05) is 30.2 Å². The van der Waals surface area contributed by atoms with Gasteiger partial charge in [-0.15, -0.1) is 5.11 Å². The normalized spacial score (nSPS) is 11.0. The van der Waals surface area contributed by atoms with Crippen LogP contribution in [0.5, 0.6) is 0 Å². The van der Waals surface area contributed by atoms with Crippen LogP contribution >= 0.6 is 0 Å². The Morgan fingerprint density at radius 1 is 0.974 bits per heavy atom. The Morgan fingerprint density at radius 2 is 1.51 bits per heavy atom. The molecule has 2 N–H and O–H groups in total. The van der Waals surface area contributed by atoms with Gasteiger partial charge in [0.05, 0.1) is 32.8 Å². The van der Waals surface area contributed by atoms with Crippen molar-refractivity contribution in [3.05, 3.63) is 34.0 Å². The molecule has 2 aromatic heterocycles. The molecule has 0 radical (unpaired) electrons. The second kappa shape index (κ2) is 17.2. The molecule has 0 fully saturated rings. The average molecular weight is 627 g/mol. The summed E-state index contributed by atoms with van der Waals surface area (Å²) in [4.78, 5) is 14.6. The number of imidazole rings is 1. The van der Waals surface area contributed by atoms with Crippen LogP contribution in [0.1, 0.15) is 24.0 Å². The molecule has 0 aliphatic heterocycles. The van der Waals surface area contributed by atoms with Crippen LogP contribution in [-0.4, -0.2) is 65.1 Å². The second-order valence-electron chi connectivity index (χ2n) is 7.40. The van der Waals surface area contributed by atoms with E-state index in [4.69, 9.17) is 13.1 Å². The van der Waals surface area contributed by atoms with E-state index >= 15 is 0 Å². The Hall–Kier alpha value is -0.877. The number of rotatable bonds is 12. The molecule has 2 aromatic rings. The number of nitrogens with one attached hydrogen (secondary N) is 2. The molecule has 2 rings (SSSR count). The van der Waals surface area contributed by atoms with Crippen LogP contribution in [0.2, 0.25) is 0 Å². The van der Waals surface area contributed by atoms with E-state index in [2.05, 4.69) is 40.5 Å². The molecule has 0 aliphatic carbocycles. The zero-order chi connectivity index (χ0) is 27.8. The molecular formula is C19H20K2N10O6S2. The number of azo groups is 1. The summed E-state index contributed by atoms with van der Waals surface area (Å²) in [6.45, 7) is 15.9. The third-order valence-electron chi connectivity index (χ3n) is 4.73. The van der Waals surface area contributed by atoms with Gasteiger partial charge in [0.15, 0.2) is 5.82 Å². The first-order valence-corrected chi connectivity index (χ1v) is 13.5. The first-order chi connectivity index (χ1) is 17.3. The Kier molecular flexibility index (Phi) is 16.8. The number of nitrogens with zero attached hydrogens (tertiary/aromatic N) is 8. The quantitative estimate of drug-likeness (QED) is 0.0764. The SMILES string of the molecule is [C-]#[N+]c1nc(N=Nc2c(NCCCS(=O)(=O)[O-])nc(NCCCS(=O)(=O)[O-])c(C#N)c2C)n(C)c1[N+]#[C-].[K+].[K+]. The first-order valence-electron chi connectivity index (χ1n) is 10.3. The van der Waals surface area contributed by atoms with Gasteiger partial charge in [-0.1, -0.05) is 23.2 Å². The number of aromatic nitrogens is 3. The predicted octanol–water partition coefficient (Wildman–Crippen LogP) is -3.79. The molecule has 0 saturated heterocycles. The molecule has 0 bridgehead atoms. The summed E-state index contributed by atoms with van der Waals surface area (Å²) in [5.41, 5.74) is 0.380. The number of nitriles is 1. The maximum Gasteiger partial charge on any atom is 1.00 e. The van der Waals surface area contributed by atoms with E-state index in [1.807, 2.05) is 6.07 Å².